The molecule has 6 heteroatoms. The molecule has 0 aliphatic carbocycles. The fourth-order valence-electron chi connectivity index (χ4n) is 1.44. The molecule has 2 rings (SSSR count). The number of nitrogens with two attached hydrogens (primary N) is 1. The van der Waals surface area contributed by atoms with E-state index in [0.29, 0.717) is 16.3 Å². The number of carbonyl (C=O) groups excluding carboxylic acids is 2. The van der Waals surface area contributed by atoms with Gasteiger partial charge < -0.3 is 5.73 Å². The van der Waals surface area contributed by atoms with Crippen LogP contribution in [-0.4, -0.2) is 28.6 Å². The van der Waals surface area contributed by atoms with Crippen LogP contribution < -0.4 is 5.73 Å². The smallest absolute Gasteiger partial charge is 0.281 e. The van der Waals surface area contributed by atoms with Gasteiger partial charge in [-0.2, -0.15) is 10.1 Å². The van der Waals surface area contributed by atoms with Crippen molar-refractivity contribution in [1.29, 1.82) is 0 Å². The van der Waals surface area contributed by atoms with Crippen LogP contribution in [0.5, 0.6) is 0 Å². The molecule has 0 aromatic heterocycles. The maximum atomic E-state index is 12.0. The lowest BCUT2D eigenvalue weighted by molar-refractivity contribution is -0.127. The van der Waals surface area contributed by atoms with Crippen molar-refractivity contribution in [2.24, 2.45) is 10.8 Å². The molecule has 0 spiro atoms. The van der Waals surface area contributed by atoms with Gasteiger partial charge in [-0.1, -0.05) is 11.6 Å². The van der Waals surface area contributed by atoms with Crippen molar-refractivity contribution >= 4 is 29.1 Å². The highest BCUT2D eigenvalue weighted by molar-refractivity contribution is 6.30. The summed E-state index contributed by atoms with van der Waals surface area (Å²) in [7, 11) is 0. The SMILES string of the molecule is CC1=NN(C(=O)c2ccc(Cl)cc2)C(=O)C1N. The minimum Gasteiger partial charge on any atom is -0.315 e. The Balaban J connectivity index is 2.28. The van der Waals surface area contributed by atoms with Gasteiger partial charge in [0.05, 0.1) is 5.71 Å². The van der Waals surface area contributed by atoms with Gasteiger partial charge in [-0.25, -0.2) is 0 Å². The average molecular weight is 252 g/mol. The van der Waals surface area contributed by atoms with Crippen molar-refractivity contribution in [2.75, 3.05) is 0 Å². The van der Waals surface area contributed by atoms with E-state index in [-0.39, 0.29) is 0 Å². The summed E-state index contributed by atoms with van der Waals surface area (Å²) in [5.41, 5.74) is 6.33. The van der Waals surface area contributed by atoms with Crippen LogP contribution in [0.25, 0.3) is 0 Å². The fourth-order valence-corrected chi connectivity index (χ4v) is 1.57. The number of halogens is 1. The average Bonchev–Trinajstić information content (AvgIpc) is 2.57. The monoisotopic (exact) mass is 251 g/mol. The van der Waals surface area contributed by atoms with Gasteiger partial charge in [0.2, 0.25) is 0 Å². The van der Waals surface area contributed by atoms with Crippen LogP contribution in [0.4, 0.5) is 0 Å². The molecule has 0 saturated heterocycles. The van der Waals surface area contributed by atoms with E-state index in [2.05, 4.69) is 5.10 Å². The van der Waals surface area contributed by atoms with Crippen LogP contribution in [0.1, 0.15) is 17.3 Å². The minimum atomic E-state index is -0.828. The summed E-state index contributed by atoms with van der Waals surface area (Å²) in [4.78, 5) is 23.6. The highest BCUT2D eigenvalue weighted by Gasteiger charge is 2.34. The molecule has 0 radical (unpaired) electrons. The van der Waals surface area contributed by atoms with E-state index in [1.807, 2.05) is 0 Å². The zero-order chi connectivity index (χ0) is 12.6. The highest BCUT2D eigenvalue weighted by atomic mass is 35.5. The van der Waals surface area contributed by atoms with Crippen LogP contribution in [0.15, 0.2) is 29.4 Å². The van der Waals surface area contributed by atoms with Crippen LogP contribution in [-0.2, 0) is 4.79 Å². The van der Waals surface area contributed by atoms with Crippen molar-refractivity contribution < 1.29 is 9.59 Å². The third-order valence-corrected chi connectivity index (χ3v) is 2.72. The Morgan fingerprint density at radius 1 is 1.41 bits per heavy atom. The number of hydrazone groups is 1. The van der Waals surface area contributed by atoms with Crippen LogP contribution in [0.2, 0.25) is 5.02 Å². The van der Waals surface area contributed by atoms with Crippen molar-refractivity contribution in [2.45, 2.75) is 13.0 Å². The lowest BCUT2D eigenvalue weighted by atomic mass is 10.2. The van der Waals surface area contributed by atoms with E-state index in [9.17, 15) is 9.59 Å². The molecule has 0 bridgehead atoms. The Kier molecular flexibility index (Phi) is 2.95. The third kappa shape index (κ3) is 2.07. The van der Waals surface area contributed by atoms with Gasteiger partial charge in [0.1, 0.15) is 6.04 Å². The lowest BCUT2D eigenvalue weighted by Crippen LogP contribution is -2.40. The molecule has 1 aliphatic heterocycles. The van der Waals surface area contributed by atoms with E-state index in [1.165, 1.54) is 12.1 Å². The van der Waals surface area contributed by atoms with E-state index < -0.39 is 17.9 Å². The largest absolute Gasteiger partial charge is 0.315 e. The highest BCUT2D eigenvalue weighted by Crippen LogP contribution is 2.15. The maximum absolute atomic E-state index is 12.0. The van der Waals surface area contributed by atoms with Crippen LogP contribution in [0.3, 0.4) is 0 Å². The quantitative estimate of drug-likeness (QED) is 0.758. The summed E-state index contributed by atoms with van der Waals surface area (Å²) in [6.07, 6.45) is 0. The molecule has 1 unspecified atom stereocenters. The molecule has 1 aromatic rings. The zero-order valence-electron chi connectivity index (χ0n) is 9.05. The zero-order valence-corrected chi connectivity index (χ0v) is 9.81. The molecule has 1 aromatic carbocycles. The Morgan fingerprint density at radius 2 is 2.00 bits per heavy atom. The lowest BCUT2D eigenvalue weighted by Gasteiger charge is -2.10. The summed E-state index contributed by atoms with van der Waals surface area (Å²) in [5, 5.41) is 5.16. The molecule has 88 valence electrons. The summed E-state index contributed by atoms with van der Waals surface area (Å²) in [5.74, 6) is -1.01. The third-order valence-electron chi connectivity index (χ3n) is 2.47. The summed E-state index contributed by atoms with van der Waals surface area (Å²) in [6, 6.07) is 5.39. The molecule has 5 nitrogen and oxygen atoms in total. The Bertz CT molecular complexity index is 510. The summed E-state index contributed by atoms with van der Waals surface area (Å²) in [6.45, 7) is 1.61. The van der Waals surface area contributed by atoms with Crippen molar-refractivity contribution in [3.63, 3.8) is 0 Å². The van der Waals surface area contributed by atoms with Crippen LogP contribution in [0, 0.1) is 0 Å². The normalized spacial score (nSPS) is 19.5. The first-order valence-electron chi connectivity index (χ1n) is 4.95. The van der Waals surface area contributed by atoms with Gasteiger partial charge >= 0.3 is 0 Å². The van der Waals surface area contributed by atoms with Crippen molar-refractivity contribution in [3.05, 3.63) is 34.9 Å². The van der Waals surface area contributed by atoms with E-state index in [0.717, 1.165) is 5.01 Å². The molecule has 2 N–H and O–H groups in total. The Labute approximate surface area is 103 Å². The van der Waals surface area contributed by atoms with Gasteiger partial charge in [0.25, 0.3) is 11.8 Å². The molecule has 1 heterocycles. The summed E-state index contributed by atoms with van der Waals surface area (Å²) < 4.78 is 0. The van der Waals surface area contributed by atoms with Gasteiger partial charge in [0, 0.05) is 10.6 Å². The van der Waals surface area contributed by atoms with Crippen LogP contribution >= 0.6 is 11.6 Å². The predicted octanol–water partition coefficient (Wildman–Crippen LogP) is 1.03. The number of hydrogen-bond donors (Lipinski definition) is 1. The first-order chi connectivity index (χ1) is 8.00. The van der Waals surface area contributed by atoms with E-state index in [1.54, 1.807) is 19.1 Å². The van der Waals surface area contributed by atoms with E-state index >= 15 is 0 Å². The molecule has 1 atom stereocenters. The van der Waals surface area contributed by atoms with Crippen molar-refractivity contribution in [3.8, 4) is 0 Å². The second-order valence-electron chi connectivity index (χ2n) is 3.68. The maximum Gasteiger partial charge on any atom is 0.281 e. The molecular weight excluding hydrogens is 242 g/mol. The standard InChI is InChI=1S/C11H10ClN3O2/c1-6-9(13)11(17)15(14-6)10(16)7-2-4-8(12)5-3-7/h2-5,9H,13H2,1H3. The molecular formula is C11H10ClN3O2. The molecule has 0 fully saturated rings. The second-order valence-corrected chi connectivity index (χ2v) is 4.12. The van der Waals surface area contributed by atoms with Gasteiger partial charge in [0.15, 0.2) is 0 Å². The van der Waals surface area contributed by atoms with Gasteiger partial charge in [-0.15, -0.1) is 0 Å². The van der Waals surface area contributed by atoms with E-state index in [4.69, 9.17) is 17.3 Å². The summed E-state index contributed by atoms with van der Waals surface area (Å²) >= 11 is 5.71. The number of carbonyl (C=O) groups is 2. The van der Waals surface area contributed by atoms with Gasteiger partial charge in [-0.3, -0.25) is 9.59 Å². The Hall–Kier alpha value is -1.72. The molecule has 1 aliphatic rings. The fraction of sp³-hybridized carbons (Fsp3) is 0.182. The van der Waals surface area contributed by atoms with Crippen molar-refractivity contribution in [1.82, 2.24) is 5.01 Å². The van der Waals surface area contributed by atoms with Gasteiger partial charge in [-0.05, 0) is 31.2 Å². The topological polar surface area (TPSA) is 75.8 Å². The minimum absolute atomic E-state index is 0.341. The molecule has 0 saturated carbocycles. The number of nitrogens with zero attached hydrogens (tertiary/aromatic N) is 2. The number of hydrogen-bond acceptors (Lipinski definition) is 4. The molecule has 2 amide bonds. The number of amides is 2. The Morgan fingerprint density at radius 3 is 2.47 bits per heavy atom. The number of benzene rings is 1. The predicted molar refractivity (Wildman–Crippen MR) is 63.7 cm³/mol. The second kappa shape index (κ2) is 4.27. The molecule has 17 heavy (non-hydrogen) atoms. The number of rotatable bonds is 1. The first-order valence-corrected chi connectivity index (χ1v) is 5.33. The number of imide groups is 1. The first kappa shape index (κ1) is 11.8.